The molecule has 1 aliphatic rings. The highest BCUT2D eigenvalue weighted by Gasteiger charge is 2.52. The third kappa shape index (κ3) is 5.20. The van der Waals surface area contributed by atoms with E-state index in [9.17, 15) is 18.0 Å². The smallest absolute Gasteiger partial charge is 0.317 e. The molecule has 1 aromatic carbocycles. The third-order valence-corrected chi connectivity index (χ3v) is 6.71. The first-order valence-corrected chi connectivity index (χ1v) is 11.8. The molecular formula is C19H20ClNO5S2. The number of ether oxygens (including phenoxy) is 1. The van der Waals surface area contributed by atoms with Crippen LogP contribution in [-0.4, -0.2) is 39.6 Å². The number of Topliss-reactive ketones (excluding diaryl/α,β-unsaturated/α-hetero) is 1. The lowest BCUT2D eigenvalue weighted by Gasteiger charge is -2.14. The quantitative estimate of drug-likeness (QED) is 0.477. The van der Waals surface area contributed by atoms with Crippen LogP contribution in [0.3, 0.4) is 0 Å². The molecule has 0 amide bonds. The lowest BCUT2D eigenvalue weighted by molar-refractivity contribution is -0.145. The van der Waals surface area contributed by atoms with E-state index in [1.54, 1.807) is 24.3 Å². The van der Waals surface area contributed by atoms with Gasteiger partial charge in [-0.05, 0) is 49.1 Å². The number of ketones is 1. The van der Waals surface area contributed by atoms with Gasteiger partial charge in [-0.2, -0.15) is 0 Å². The fourth-order valence-corrected chi connectivity index (χ4v) is 4.40. The van der Waals surface area contributed by atoms with Gasteiger partial charge in [0.25, 0.3) is 0 Å². The molecule has 1 N–H and O–H groups in total. The number of carbonyl (C=O) groups excluding carboxylic acids is 2. The van der Waals surface area contributed by atoms with Gasteiger partial charge >= 0.3 is 5.97 Å². The van der Waals surface area contributed by atoms with Gasteiger partial charge in [-0.3, -0.25) is 9.59 Å². The predicted molar refractivity (Wildman–Crippen MR) is 109 cm³/mol. The van der Waals surface area contributed by atoms with Crippen molar-refractivity contribution < 1.29 is 22.7 Å². The number of halogens is 1. The predicted octanol–water partition coefficient (Wildman–Crippen LogP) is 2.95. The topological polar surface area (TPSA) is 89.5 Å². The first-order valence-electron chi connectivity index (χ1n) is 8.69. The van der Waals surface area contributed by atoms with Crippen LogP contribution >= 0.6 is 22.9 Å². The van der Waals surface area contributed by atoms with Crippen molar-refractivity contribution in [1.82, 2.24) is 4.72 Å². The third-order valence-electron chi connectivity index (χ3n) is 4.54. The van der Waals surface area contributed by atoms with Gasteiger partial charge in [-0.1, -0.05) is 23.7 Å². The average Bonchev–Trinajstić information content (AvgIpc) is 3.31. The first-order chi connectivity index (χ1) is 13.2. The number of hydrogen-bond acceptors (Lipinski definition) is 6. The molecule has 0 bridgehead atoms. The molecule has 1 aromatic heterocycles. The maximum absolute atomic E-state index is 12.5. The zero-order valence-electron chi connectivity index (χ0n) is 15.2. The number of nitrogens with one attached hydrogen (secondary N) is 1. The Morgan fingerprint density at radius 2 is 1.86 bits per heavy atom. The molecule has 0 spiro atoms. The molecule has 6 nitrogen and oxygen atoms in total. The van der Waals surface area contributed by atoms with Crippen molar-refractivity contribution in [2.75, 3.05) is 19.4 Å². The van der Waals surface area contributed by atoms with Crippen molar-refractivity contribution in [3.63, 3.8) is 0 Å². The molecule has 0 unspecified atom stereocenters. The van der Waals surface area contributed by atoms with Crippen LogP contribution in [0.2, 0.25) is 5.02 Å². The van der Waals surface area contributed by atoms with Crippen LogP contribution in [0.5, 0.6) is 0 Å². The van der Waals surface area contributed by atoms with Gasteiger partial charge in [0.15, 0.2) is 6.61 Å². The van der Waals surface area contributed by atoms with Gasteiger partial charge < -0.3 is 4.74 Å². The Morgan fingerprint density at radius 1 is 1.18 bits per heavy atom. The van der Waals surface area contributed by atoms with Gasteiger partial charge in [0, 0.05) is 16.4 Å². The zero-order valence-corrected chi connectivity index (χ0v) is 17.6. The second-order valence-corrected chi connectivity index (χ2v) is 10.2. The summed E-state index contributed by atoms with van der Waals surface area (Å²) in [7, 11) is -3.23. The maximum atomic E-state index is 12.5. The van der Waals surface area contributed by atoms with Crippen LogP contribution in [0.1, 0.15) is 33.0 Å². The first kappa shape index (κ1) is 21.0. The summed E-state index contributed by atoms with van der Waals surface area (Å²) < 4.78 is 29.9. The van der Waals surface area contributed by atoms with Crippen LogP contribution in [0.25, 0.3) is 0 Å². The molecule has 3 rings (SSSR count). The van der Waals surface area contributed by atoms with Crippen molar-refractivity contribution in [2.45, 2.75) is 24.7 Å². The van der Waals surface area contributed by atoms with Gasteiger partial charge in [0.05, 0.1) is 16.5 Å². The fourth-order valence-electron chi connectivity index (χ4n) is 2.87. The monoisotopic (exact) mass is 441 g/mol. The molecular weight excluding hydrogens is 422 g/mol. The van der Waals surface area contributed by atoms with Crippen molar-refractivity contribution in [3.05, 3.63) is 56.7 Å². The number of esters is 1. The van der Waals surface area contributed by atoms with E-state index in [1.165, 1.54) is 11.3 Å². The number of sulfonamides is 1. The Balaban J connectivity index is 1.53. The van der Waals surface area contributed by atoms with Crippen LogP contribution in [0, 0.1) is 0 Å². The Bertz CT molecular complexity index is 978. The Labute approximate surface area is 172 Å². The molecule has 9 heteroatoms. The molecule has 0 atom stereocenters. The minimum atomic E-state index is -3.23. The lowest BCUT2D eigenvalue weighted by atomic mass is 9.96. The number of rotatable bonds is 9. The highest BCUT2D eigenvalue weighted by molar-refractivity contribution is 7.88. The Morgan fingerprint density at radius 3 is 2.46 bits per heavy atom. The highest BCUT2D eigenvalue weighted by Crippen LogP contribution is 2.49. The van der Waals surface area contributed by atoms with E-state index in [1.807, 2.05) is 12.1 Å². The van der Waals surface area contributed by atoms with Gasteiger partial charge in [0.1, 0.15) is 0 Å². The zero-order chi connectivity index (χ0) is 20.4. The molecule has 2 aromatic rings. The summed E-state index contributed by atoms with van der Waals surface area (Å²) in [6.07, 6.45) is 2.97. The summed E-state index contributed by atoms with van der Waals surface area (Å²) in [5.74, 6) is -0.662. The second-order valence-electron chi connectivity index (χ2n) is 6.77. The maximum Gasteiger partial charge on any atom is 0.317 e. The van der Waals surface area contributed by atoms with E-state index >= 15 is 0 Å². The van der Waals surface area contributed by atoms with Gasteiger partial charge in [-0.15, -0.1) is 11.3 Å². The number of thiophene rings is 1. The summed E-state index contributed by atoms with van der Waals surface area (Å²) in [5.41, 5.74) is 0.189. The Hall–Kier alpha value is -1.74. The molecule has 1 heterocycles. The molecule has 28 heavy (non-hydrogen) atoms. The van der Waals surface area contributed by atoms with E-state index < -0.39 is 21.4 Å². The molecule has 1 saturated carbocycles. The number of carbonyl (C=O) groups is 2. The average molecular weight is 442 g/mol. The molecule has 0 saturated heterocycles. The van der Waals surface area contributed by atoms with Crippen molar-refractivity contribution in [3.8, 4) is 0 Å². The number of benzene rings is 1. The van der Waals surface area contributed by atoms with E-state index in [-0.39, 0.29) is 18.9 Å². The largest absolute Gasteiger partial charge is 0.457 e. The highest BCUT2D eigenvalue weighted by atomic mass is 35.5. The SMILES string of the molecule is CS(=O)(=O)NCCc1ccc(C(=O)COC(=O)C2(c3ccc(Cl)cc3)CC2)s1. The van der Waals surface area contributed by atoms with Crippen molar-refractivity contribution in [2.24, 2.45) is 0 Å². The molecule has 1 fully saturated rings. The van der Waals surface area contributed by atoms with Crippen LogP contribution in [0.15, 0.2) is 36.4 Å². The molecule has 0 aliphatic heterocycles. The van der Waals surface area contributed by atoms with Crippen LogP contribution in [-0.2, 0) is 31.4 Å². The lowest BCUT2D eigenvalue weighted by Crippen LogP contribution is -2.25. The summed E-state index contributed by atoms with van der Waals surface area (Å²) in [5, 5.41) is 0.600. The van der Waals surface area contributed by atoms with Crippen LogP contribution < -0.4 is 4.72 Å². The summed E-state index contributed by atoms with van der Waals surface area (Å²) in [6, 6.07) is 10.5. The fraction of sp³-hybridized carbons (Fsp3) is 0.368. The van der Waals surface area contributed by atoms with Gasteiger partial charge in [-0.25, -0.2) is 13.1 Å². The minimum Gasteiger partial charge on any atom is -0.457 e. The van der Waals surface area contributed by atoms with E-state index in [2.05, 4.69) is 4.72 Å². The van der Waals surface area contributed by atoms with E-state index in [0.717, 1.165) is 16.7 Å². The standard InChI is InChI=1S/C19H20ClNO5S2/c1-28(24,25)21-11-8-15-6-7-17(27-15)16(22)12-26-18(23)19(9-10-19)13-2-4-14(20)5-3-13/h2-7,21H,8-12H2,1H3. The molecule has 150 valence electrons. The number of hydrogen-bond donors (Lipinski definition) is 1. The van der Waals surface area contributed by atoms with Crippen LogP contribution in [0.4, 0.5) is 0 Å². The van der Waals surface area contributed by atoms with Gasteiger partial charge in [0.2, 0.25) is 15.8 Å². The van der Waals surface area contributed by atoms with Crippen molar-refractivity contribution in [1.29, 1.82) is 0 Å². The minimum absolute atomic E-state index is 0.269. The van der Waals surface area contributed by atoms with E-state index in [0.29, 0.717) is 29.2 Å². The summed E-state index contributed by atoms with van der Waals surface area (Å²) in [6.45, 7) is -0.0404. The molecule has 0 radical (unpaired) electrons. The van der Waals surface area contributed by atoms with Crippen molar-refractivity contribution >= 4 is 44.7 Å². The normalized spacial score (nSPS) is 15.2. The second kappa shape index (κ2) is 8.32. The van der Waals surface area contributed by atoms with E-state index in [4.69, 9.17) is 16.3 Å². The summed E-state index contributed by atoms with van der Waals surface area (Å²) >= 11 is 7.17. The Kier molecular flexibility index (Phi) is 6.24. The summed E-state index contributed by atoms with van der Waals surface area (Å²) in [4.78, 5) is 26.2. The molecule has 1 aliphatic carbocycles.